The first-order chi connectivity index (χ1) is 11.8. The third kappa shape index (κ3) is 2.68. The molecule has 0 atom stereocenters. The number of nitrogens with zero attached hydrogens (tertiary/aromatic N) is 4. The van der Waals surface area contributed by atoms with Crippen LogP contribution in [0.3, 0.4) is 0 Å². The van der Waals surface area contributed by atoms with Crippen molar-refractivity contribution in [1.82, 2.24) is 19.8 Å². The van der Waals surface area contributed by atoms with Gasteiger partial charge in [-0.3, -0.25) is 0 Å². The van der Waals surface area contributed by atoms with Gasteiger partial charge < -0.3 is 4.74 Å². The first-order valence-corrected chi connectivity index (χ1v) is 8.25. The Bertz CT molecular complexity index is 1000. The minimum absolute atomic E-state index is 0.749. The molecular weight excluding hydrogens is 320 g/mol. The molecule has 6 heteroatoms. The Kier molecular flexibility index (Phi) is 3.80. The third-order valence-corrected chi connectivity index (χ3v) is 4.45. The van der Waals surface area contributed by atoms with E-state index in [9.17, 15) is 0 Å². The van der Waals surface area contributed by atoms with E-state index in [2.05, 4.69) is 15.3 Å². The van der Waals surface area contributed by atoms with E-state index in [0.29, 0.717) is 0 Å². The normalized spacial score (nSPS) is 11.4. The van der Waals surface area contributed by atoms with Crippen LogP contribution in [0.2, 0.25) is 0 Å². The monoisotopic (exact) mass is 334 g/mol. The molecule has 0 radical (unpaired) electrons. The van der Waals surface area contributed by atoms with Crippen LogP contribution < -0.4 is 4.74 Å². The molecule has 2 heterocycles. The van der Waals surface area contributed by atoms with Crippen LogP contribution in [0.15, 0.2) is 54.6 Å². The second-order valence-corrected chi connectivity index (χ2v) is 6.09. The number of methoxy groups -OCH3 is 1. The lowest BCUT2D eigenvalue weighted by atomic mass is 10.2. The summed E-state index contributed by atoms with van der Waals surface area (Å²) in [5, 5.41) is 13.9. The summed E-state index contributed by atoms with van der Waals surface area (Å²) < 4.78 is 7.14. The molecule has 0 aliphatic heterocycles. The van der Waals surface area contributed by atoms with Gasteiger partial charge in [0, 0.05) is 11.1 Å². The number of hydrogen-bond donors (Lipinski definition) is 0. The molecule has 5 nitrogen and oxygen atoms in total. The lowest BCUT2D eigenvalue weighted by Crippen LogP contribution is -1.90. The summed E-state index contributed by atoms with van der Waals surface area (Å²) in [5.41, 5.74) is 2.00. The Morgan fingerprint density at radius 1 is 0.958 bits per heavy atom. The van der Waals surface area contributed by atoms with Gasteiger partial charge in [-0.25, -0.2) is 0 Å². The molecule has 0 aliphatic rings. The van der Waals surface area contributed by atoms with Gasteiger partial charge in [0.1, 0.15) is 10.8 Å². The van der Waals surface area contributed by atoms with E-state index in [1.54, 1.807) is 11.6 Å². The van der Waals surface area contributed by atoms with Gasteiger partial charge in [0.15, 0.2) is 5.82 Å². The predicted molar refractivity (Wildman–Crippen MR) is 96.0 cm³/mol. The van der Waals surface area contributed by atoms with Crippen molar-refractivity contribution in [3.8, 4) is 17.1 Å². The number of fused-ring (bicyclic) bond motifs is 1. The molecule has 0 amide bonds. The SMILES string of the molecule is COc1ccccc1/C=C\c1nn2c(-c3ccccc3)nnc2s1. The number of aromatic nitrogens is 4. The van der Waals surface area contributed by atoms with E-state index >= 15 is 0 Å². The average Bonchev–Trinajstić information content (AvgIpc) is 3.21. The summed E-state index contributed by atoms with van der Waals surface area (Å²) in [7, 11) is 1.67. The number of hydrogen-bond acceptors (Lipinski definition) is 5. The molecule has 0 bridgehead atoms. The van der Waals surface area contributed by atoms with E-state index in [0.717, 1.165) is 32.7 Å². The molecule has 0 saturated carbocycles. The van der Waals surface area contributed by atoms with Gasteiger partial charge in [-0.15, -0.1) is 10.2 Å². The maximum Gasteiger partial charge on any atom is 0.235 e. The van der Waals surface area contributed by atoms with Gasteiger partial charge in [-0.05, 0) is 18.2 Å². The molecule has 4 aromatic rings. The van der Waals surface area contributed by atoms with Crippen LogP contribution in [0.25, 0.3) is 28.5 Å². The standard InChI is InChI=1S/C18H14N4OS/c1-23-15-10-6-5-7-13(15)11-12-16-21-22-17(19-20-18(22)24-16)14-8-3-2-4-9-14/h2-12H,1H3/b12-11-. The average molecular weight is 334 g/mol. The number of benzene rings is 2. The van der Waals surface area contributed by atoms with Crippen LogP contribution in [-0.4, -0.2) is 26.9 Å². The third-order valence-electron chi connectivity index (χ3n) is 3.58. The van der Waals surface area contributed by atoms with E-state index in [4.69, 9.17) is 4.74 Å². The van der Waals surface area contributed by atoms with Crippen LogP contribution in [0.1, 0.15) is 10.6 Å². The first-order valence-electron chi connectivity index (χ1n) is 7.44. The fraction of sp³-hybridized carbons (Fsp3) is 0.0556. The second-order valence-electron chi connectivity index (χ2n) is 5.10. The van der Waals surface area contributed by atoms with Gasteiger partial charge in [0.25, 0.3) is 0 Å². The first kappa shape index (κ1) is 14.6. The Balaban J connectivity index is 1.69. The maximum absolute atomic E-state index is 5.36. The van der Waals surface area contributed by atoms with E-state index in [1.165, 1.54) is 11.3 Å². The molecule has 24 heavy (non-hydrogen) atoms. The molecule has 0 saturated heterocycles. The molecule has 2 aromatic carbocycles. The minimum Gasteiger partial charge on any atom is -0.496 e. The Labute approximate surface area is 142 Å². The molecule has 0 fully saturated rings. The smallest absolute Gasteiger partial charge is 0.235 e. The molecular formula is C18H14N4OS. The highest BCUT2D eigenvalue weighted by Gasteiger charge is 2.11. The number of rotatable bonds is 4. The van der Waals surface area contributed by atoms with E-state index < -0.39 is 0 Å². The topological polar surface area (TPSA) is 52.3 Å². The van der Waals surface area contributed by atoms with Crippen molar-refractivity contribution in [3.63, 3.8) is 0 Å². The van der Waals surface area contributed by atoms with Crippen molar-refractivity contribution < 1.29 is 4.74 Å². The fourth-order valence-corrected chi connectivity index (χ4v) is 3.17. The fourth-order valence-electron chi connectivity index (χ4n) is 2.43. The lowest BCUT2D eigenvalue weighted by molar-refractivity contribution is 0.414. The Morgan fingerprint density at radius 2 is 1.75 bits per heavy atom. The zero-order valence-electron chi connectivity index (χ0n) is 13.0. The van der Waals surface area contributed by atoms with Crippen molar-refractivity contribution in [3.05, 3.63) is 65.2 Å². The summed E-state index contributed by atoms with van der Waals surface area (Å²) in [5.74, 6) is 1.58. The highest BCUT2D eigenvalue weighted by Crippen LogP contribution is 2.24. The van der Waals surface area contributed by atoms with Crippen LogP contribution in [0.4, 0.5) is 0 Å². The van der Waals surface area contributed by atoms with Crippen molar-refractivity contribution in [2.24, 2.45) is 0 Å². The summed E-state index contributed by atoms with van der Waals surface area (Å²) in [6.45, 7) is 0. The van der Waals surface area contributed by atoms with Crippen molar-refractivity contribution in [1.29, 1.82) is 0 Å². The maximum atomic E-state index is 5.36. The quantitative estimate of drug-likeness (QED) is 0.565. The second kappa shape index (κ2) is 6.25. The van der Waals surface area contributed by atoms with Crippen molar-refractivity contribution in [2.45, 2.75) is 0 Å². The molecule has 2 aromatic heterocycles. The summed E-state index contributed by atoms with van der Waals surface area (Å²) in [6.07, 6.45) is 3.96. The lowest BCUT2D eigenvalue weighted by Gasteiger charge is -2.02. The zero-order chi connectivity index (χ0) is 16.4. The van der Waals surface area contributed by atoms with Crippen LogP contribution in [-0.2, 0) is 0 Å². The van der Waals surface area contributed by atoms with E-state index in [-0.39, 0.29) is 0 Å². The minimum atomic E-state index is 0.749. The van der Waals surface area contributed by atoms with Gasteiger partial charge in [0.2, 0.25) is 4.96 Å². The summed E-state index contributed by atoms with van der Waals surface area (Å²) in [6, 6.07) is 17.8. The van der Waals surface area contributed by atoms with Crippen molar-refractivity contribution in [2.75, 3.05) is 7.11 Å². The largest absolute Gasteiger partial charge is 0.496 e. The van der Waals surface area contributed by atoms with Gasteiger partial charge >= 0.3 is 0 Å². The van der Waals surface area contributed by atoms with Crippen molar-refractivity contribution >= 4 is 28.4 Å². The molecule has 4 rings (SSSR count). The summed E-state index contributed by atoms with van der Waals surface area (Å²) >= 11 is 1.50. The Morgan fingerprint density at radius 3 is 2.58 bits per heavy atom. The molecule has 0 spiro atoms. The summed E-state index contributed by atoms with van der Waals surface area (Å²) in [4.78, 5) is 0.772. The molecule has 118 valence electrons. The highest BCUT2D eigenvalue weighted by molar-refractivity contribution is 7.17. The zero-order valence-corrected chi connectivity index (χ0v) is 13.8. The van der Waals surface area contributed by atoms with Gasteiger partial charge in [0.05, 0.1) is 7.11 Å². The number of para-hydroxylation sites is 1. The van der Waals surface area contributed by atoms with Crippen LogP contribution in [0, 0.1) is 0 Å². The predicted octanol–water partition coefficient (Wildman–Crippen LogP) is 4.03. The van der Waals surface area contributed by atoms with Crippen LogP contribution in [0.5, 0.6) is 5.75 Å². The van der Waals surface area contributed by atoms with E-state index in [1.807, 2.05) is 66.7 Å². The Hall–Kier alpha value is -2.99. The molecule has 0 aliphatic carbocycles. The van der Waals surface area contributed by atoms with Gasteiger partial charge in [-0.2, -0.15) is 9.61 Å². The highest BCUT2D eigenvalue weighted by atomic mass is 32.1. The molecule has 0 unspecified atom stereocenters. The number of ether oxygens (including phenoxy) is 1. The molecule has 0 N–H and O–H groups in total. The van der Waals surface area contributed by atoms with Gasteiger partial charge in [-0.1, -0.05) is 59.9 Å². The van der Waals surface area contributed by atoms with Crippen LogP contribution >= 0.6 is 11.3 Å².